The lowest BCUT2D eigenvalue weighted by atomic mass is 10.1. The van der Waals surface area contributed by atoms with E-state index >= 15 is 0 Å². The Morgan fingerprint density at radius 1 is 1.26 bits per heavy atom. The fourth-order valence-corrected chi connectivity index (χ4v) is 3.05. The van der Waals surface area contributed by atoms with Crippen molar-refractivity contribution in [2.75, 3.05) is 6.54 Å². The van der Waals surface area contributed by atoms with Crippen molar-refractivity contribution in [2.24, 2.45) is 0 Å². The van der Waals surface area contributed by atoms with Gasteiger partial charge in [0.15, 0.2) is 0 Å². The summed E-state index contributed by atoms with van der Waals surface area (Å²) >= 11 is 5.21. The maximum Gasteiger partial charge on any atom is 0.138 e. The Hall–Kier alpha value is -0.910. The van der Waals surface area contributed by atoms with Gasteiger partial charge in [0.05, 0.1) is 5.75 Å². The van der Waals surface area contributed by atoms with E-state index < -0.39 is 0 Å². The second-order valence-electron chi connectivity index (χ2n) is 4.43. The fourth-order valence-electron chi connectivity index (χ4n) is 2.03. The van der Waals surface area contributed by atoms with Crippen LogP contribution in [0, 0.1) is 0 Å². The third kappa shape index (κ3) is 3.35. The summed E-state index contributed by atoms with van der Waals surface area (Å²) in [5, 5.41) is 3.33. The van der Waals surface area contributed by atoms with Crippen molar-refractivity contribution >= 4 is 27.7 Å². The van der Waals surface area contributed by atoms with Crippen LogP contribution in [-0.4, -0.2) is 16.5 Å². The fraction of sp³-hybridized carbons (Fsp3) is 0.286. The molecule has 0 radical (unpaired) electrons. The lowest BCUT2D eigenvalue weighted by Crippen LogP contribution is -2.25. The Kier molecular flexibility index (Phi) is 4.15. The van der Waals surface area contributed by atoms with E-state index in [0.29, 0.717) is 0 Å². The molecule has 1 aromatic carbocycles. The number of rotatable bonds is 3. The molecule has 0 saturated carbocycles. The first-order valence-corrected chi connectivity index (χ1v) is 8.02. The van der Waals surface area contributed by atoms with Gasteiger partial charge in [-0.3, -0.25) is 0 Å². The number of fused-ring (bicyclic) bond motifs is 1. The molecule has 1 aliphatic heterocycles. The van der Waals surface area contributed by atoms with E-state index in [1.54, 1.807) is 11.8 Å². The van der Waals surface area contributed by atoms with Crippen LogP contribution in [0.25, 0.3) is 0 Å². The maximum atomic E-state index is 4.66. The van der Waals surface area contributed by atoms with Crippen LogP contribution in [0.3, 0.4) is 0 Å². The highest BCUT2D eigenvalue weighted by Gasteiger charge is 2.11. The first-order chi connectivity index (χ1) is 9.31. The second-order valence-corrected chi connectivity index (χ2v) is 6.39. The van der Waals surface area contributed by atoms with Gasteiger partial charge in [-0.05, 0) is 24.3 Å². The second kappa shape index (κ2) is 6.03. The smallest absolute Gasteiger partial charge is 0.138 e. The number of benzene rings is 1. The molecular formula is C14H14BrN3S. The SMILES string of the molecule is Brc1ccc(SCc2ncc3c(n2)CCNC3)cc1. The van der Waals surface area contributed by atoms with Gasteiger partial charge in [-0.25, -0.2) is 9.97 Å². The number of nitrogens with one attached hydrogen (secondary N) is 1. The monoisotopic (exact) mass is 335 g/mol. The molecule has 0 atom stereocenters. The zero-order valence-corrected chi connectivity index (χ0v) is 12.8. The molecule has 98 valence electrons. The Balaban J connectivity index is 1.68. The normalized spacial score (nSPS) is 14.2. The molecule has 3 nitrogen and oxygen atoms in total. The van der Waals surface area contributed by atoms with Crippen LogP contribution < -0.4 is 5.32 Å². The quantitative estimate of drug-likeness (QED) is 0.874. The molecule has 0 spiro atoms. The number of halogens is 1. The molecule has 0 saturated heterocycles. The van der Waals surface area contributed by atoms with Gasteiger partial charge in [0, 0.05) is 46.3 Å². The third-order valence-electron chi connectivity index (χ3n) is 3.04. The van der Waals surface area contributed by atoms with Crippen LogP contribution in [0.4, 0.5) is 0 Å². The molecule has 0 aliphatic carbocycles. The minimum atomic E-state index is 0.822. The molecule has 1 aromatic heterocycles. The summed E-state index contributed by atoms with van der Waals surface area (Å²) in [6, 6.07) is 8.33. The minimum absolute atomic E-state index is 0.822. The van der Waals surface area contributed by atoms with Gasteiger partial charge in [0.1, 0.15) is 5.82 Å². The van der Waals surface area contributed by atoms with Crippen molar-refractivity contribution in [3.63, 3.8) is 0 Å². The van der Waals surface area contributed by atoms with Crippen LogP contribution in [-0.2, 0) is 18.7 Å². The number of nitrogens with zero attached hydrogens (tertiary/aromatic N) is 2. The molecule has 19 heavy (non-hydrogen) atoms. The summed E-state index contributed by atoms with van der Waals surface area (Å²) in [4.78, 5) is 10.3. The van der Waals surface area contributed by atoms with Crippen molar-refractivity contribution in [2.45, 2.75) is 23.6 Å². The Morgan fingerprint density at radius 3 is 2.95 bits per heavy atom. The van der Waals surface area contributed by atoms with E-state index in [4.69, 9.17) is 0 Å². The standard InChI is InChI=1S/C14H14BrN3S/c15-11-1-3-12(4-2-11)19-9-14-17-8-10-7-16-6-5-13(10)18-14/h1-4,8,16H,5-7,9H2. The summed E-state index contributed by atoms with van der Waals surface area (Å²) in [6.45, 7) is 1.92. The summed E-state index contributed by atoms with van der Waals surface area (Å²) in [6.07, 6.45) is 2.97. The number of hydrogen-bond donors (Lipinski definition) is 1. The van der Waals surface area contributed by atoms with E-state index in [1.807, 2.05) is 6.20 Å². The zero-order chi connectivity index (χ0) is 13.1. The lowest BCUT2D eigenvalue weighted by Gasteiger charge is -2.15. The summed E-state index contributed by atoms with van der Waals surface area (Å²) in [7, 11) is 0. The first-order valence-electron chi connectivity index (χ1n) is 6.24. The molecule has 2 heterocycles. The number of hydrogen-bond acceptors (Lipinski definition) is 4. The van der Waals surface area contributed by atoms with E-state index in [9.17, 15) is 0 Å². The van der Waals surface area contributed by atoms with Gasteiger partial charge < -0.3 is 5.32 Å². The molecule has 0 bridgehead atoms. The Labute approximate surface area is 125 Å². The summed E-state index contributed by atoms with van der Waals surface area (Å²) < 4.78 is 1.11. The Bertz CT molecular complexity index is 571. The maximum absolute atomic E-state index is 4.66. The first kappa shape index (κ1) is 13.1. The van der Waals surface area contributed by atoms with Crippen LogP contribution in [0.5, 0.6) is 0 Å². The van der Waals surface area contributed by atoms with Crippen molar-refractivity contribution in [1.82, 2.24) is 15.3 Å². The highest BCUT2D eigenvalue weighted by atomic mass is 79.9. The highest BCUT2D eigenvalue weighted by molar-refractivity contribution is 9.10. The molecule has 1 aliphatic rings. The van der Waals surface area contributed by atoms with Crippen LogP contribution in [0.15, 0.2) is 39.8 Å². The van der Waals surface area contributed by atoms with Gasteiger partial charge in [-0.2, -0.15) is 0 Å². The van der Waals surface area contributed by atoms with Gasteiger partial charge >= 0.3 is 0 Å². The van der Waals surface area contributed by atoms with E-state index in [-0.39, 0.29) is 0 Å². The molecular weight excluding hydrogens is 322 g/mol. The summed E-state index contributed by atoms with van der Waals surface area (Å²) in [5.74, 6) is 1.75. The Morgan fingerprint density at radius 2 is 2.11 bits per heavy atom. The molecule has 0 unspecified atom stereocenters. The lowest BCUT2D eigenvalue weighted by molar-refractivity contribution is 0.622. The number of aromatic nitrogens is 2. The number of thioether (sulfide) groups is 1. The molecule has 5 heteroatoms. The summed E-state index contributed by atoms with van der Waals surface area (Å²) in [5.41, 5.74) is 2.45. The van der Waals surface area contributed by atoms with E-state index in [0.717, 1.165) is 35.6 Å². The predicted molar refractivity (Wildman–Crippen MR) is 81.1 cm³/mol. The average molecular weight is 336 g/mol. The molecule has 3 rings (SSSR count). The van der Waals surface area contributed by atoms with Crippen LogP contribution in [0.2, 0.25) is 0 Å². The largest absolute Gasteiger partial charge is 0.312 e. The van der Waals surface area contributed by atoms with Gasteiger partial charge in [-0.1, -0.05) is 15.9 Å². The zero-order valence-electron chi connectivity index (χ0n) is 10.4. The van der Waals surface area contributed by atoms with Crippen molar-refractivity contribution in [1.29, 1.82) is 0 Å². The van der Waals surface area contributed by atoms with Crippen molar-refractivity contribution in [3.05, 3.63) is 52.0 Å². The van der Waals surface area contributed by atoms with Gasteiger partial charge in [-0.15, -0.1) is 11.8 Å². The molecule has 0 fully saturated rings. The molecule has 1 N–H and O–H groups in total. The van der Waals surface area contributed by atoms with Gasteiger partial charge in [0.25, 0.3) is 0 Å². The van der Waals surface area contributed by atoms with Crippen molar-refractivity contribution < 1.29 is 0 Å². The molecule has 0 amide bonds. The third-order valence-corrected chi connectivity index (χ3v) is 4.58. The van der Waals surface area contributed by atoms with E-state index in [2.05, 4.69) is 55.5 Å². The van der Waals surface area contributed by atoms with Crippen LogP contribution >= 0.6 is 27.7 Å². The minimum Gasteiger partial charge on any atom is -0.312 e. The average Bonchev–Trinajstić information content (AvgIpc) is 2.46. The van der Waals surface area contributed by atoms with Gasteiger partial charge in [0.2, 0.25) is 0 Å². The molecule has 2 aromatic rings. The highest BCUT2D eigenvalue weighted by Crippen LogP contribution is 2.23. The van der Waals surface area contributed by atoms with Crippen LogP contribution in [0.1, 0.15) is 17.1 Å². The topological polar surface area (TPSA) is 37.8 Å². The van der Waals surface area contributed by atoms with E-state index in [1.165, 1.54) is 16.2 Å². The van der Waals surface area contributed by atoms with Crippen molar-refractivity contribution in [3.8, 4) is 0 Å². The predicted octanol–water partition coefficient (Wildman–Crippen LogP) is 3.18.